The Morgan fingerprint density at radius 3 is 2.39 bits per heavy atom. The molecule has 1 fully saturated rings. The summed E-state index contributed by atoms with van der Waals surface area (Å²) in [6.45, 7) is 7.59. The van der Waals surface area contributed by atoms with E-state index in [4.69, 9.17) is 15.2 Å². The number of rotatable bonds is 1. The molecule has 6 nitrogen and oxygen atoms in total. The molecule has 0 aliphatic carbocycles. The van der Waals surface area contributed by atoms with Gasteiger partial charge in [0.25, 0.3) is 0 Å². The number of nitrogens with two attached hydrogens (primary N) is 1. The van der Waals surface area contributed by atoms with Crippen LogP contribution in [0.15, 0.2) is 0 Å². The Labute approximate surface area is 107 Å². The first-order chi connectivity index (χ1) is 8.10. The van der Waals surface area contributed by atoms with Crippen molar-refractivity contribution in [3.05, 3.63) is 0 Å². The third kappa shape index (κ3) is 2.93. The van der Waals surface area contributed by atoms with Crippen molar-refractivity contribution in [2.45, 2.75) is 39.3 Å². The molecule has 18 heavy (non-hydrogen) atoms. The minimum absolute atomic E-state index is 0.218. The molecule has 1 aliphatic heterocycles. The Bertz CT molecular complexity index is 350. The Kier molecular flexibility index (Phi) is 3.90. The summed E-state index contributed by atoms with van der Waals surface area (Å²) in [4.78, 5) is 25.1. The molecule has 0 aromatic carbocycles. The molecular weight excluding hydrogens is 236 g/mol. The maximum absolute atomic E-state index is 11.9. The predicted octanol–water partition coefficient (Wildman–Crippen LogP) is 0.744. The first-order valence-corrected chi connectivity index (χ1v) is 5.92. The first kappa shape index (κ1) is 14.8. The Balaban J connectivity index is 2.75. The van der Waals surface area contributed by atoms with Gasteiger partial charge in [-0.05, 0) is 27.7 Å². The zero-order chi connectivity index (χ0) is 14.1. The fourth-order valence-corrected chi connectivity index (χ4v) is 1.93. The van der Waals surface area contributed by atoms with Crippen molar-refractivity contribution in [3.63, 3.8) is 0 Å². The summed E-state index contributed by atoms with van der Waals surface area (Å²) in [5.41, 5.74) is 4.50. The summed E-state index contributed by atoms with van der Waals surface area (Å²) in [5.74, 6) is -0.402. The molecule has 0 radical (unpaired) electrons. The van der Waals surface area contributed by atoms with Gasteiger partial charge in [0.2, 0.25) is 0 Å². The van der Waals surface area contributed by atoms with E-state index in [1.807, 2.05) is 0 Å². The van der Waals surface area contributed by atoms with E-state index in [1.165, 1.54) is 12.0 Å². The first-order valence-electron chi connectivity index (χ1n) is 5.92. The van der Waals surface area contributed by atoms with Crippen molar-refractivity contribution in [2.75, 3.05) is 20.2 Å². The molecular formula is C12H22N2O4. The maximum Gasteiger partial charge on any atom is 0.410 e. The summed E-state index contributed by atoms with van der Waals surface area (Å²) in [6.07, 6.45) is -0.453. The topological polar surface area (TPSA) is 81.9 Å². The normalized spacial score (nSPS) is 28.1. The SMILES string of the molecule is COC(=O)C1(C)CN(C(=O)OC(C)(C)C)CC1N. The van der Waals surface area contributed by atoms with E-state index >= 15 is 0 Å². The average Bonchev–Trinajstić information content (AvgIpc) is 2.53. The summed E-state index contributed by atoms with van der Waals surface area (Å²) < 4.78 is 9.99. The maximum atomic E-state index is 11.9. The van der Waals surface area contributed by atoms with Gasteiger partial charge in [0.05, 0.1) is 12.5 Å². The predicted molar refractivity (Wildman–Crippen MR) is 65.9 cm³/mol. The smallest absolute Gasteiger partial charge is 0.410 e. The molecule has 6 heteroatoms. The molecule has 1 saturated heterocycles. The second-order valence-corrected chi connectivity index (χ2v) is 5.88. The third-order valence-corrected chi connectivity index (χ3v) is 3.06. The number of likely N-dealkylation sites (tertiary alicyclic amines) is 1. The number of carbonyl (C=O) groups excluding carboxylic acids is 2. The van der Waals surface area contributed by atoms with E-state index < -0.39 is 29.1 Å². The molecule has 0 saturated carbocycles. The number of carbonyl (C=O) groups is 2. The van der Waals surface area contributed by atoms with Gasteiger partial charge in [-0.1, -0.05) is 0 Å². The lowest BCUT2D eigenvalue weighted by molar-refractivity contribution is -0.151. The molecule has 1 aliphatic rings. The van der Waals surface area contributed by atoms with Crippen molar-refractivity contribution >= 4 is 12.1 Å². The van der Waals surface area contributed by atoms with Crippen LogP contribution in [0, 0.1) is 5.41 Å². The van der Waals surface area contributed by atoms with Crippen molar-refractivity contribution in [1.29, 1.82) is 0 Å². The standard InChI is InChI=1S/C12H22N2O4/c1-11(2,3)18-10(16)14-6-8(13)12(4,7-14)9(15)17-5/h8H,6-7,13H2,1-5H3. The van der Waals surface area contributed by atoms with Crippen LogP contribution in [0.25, 0.3) is 0 Å². The molecule has 0 aromatic heterocycles. The quantitative estimate of drug-likeness (QED) is 0.702. The molecule has 2 N–H and O–H groups in total. The van der Waals surface area contributed by atoms with Gasteiger partial charge in [0, 0.05) is 19.1 Å². The fourth-order valence-electron chi connectivity index (χ4n) is 1.93. The van der Waals surface area contributed by atoms with Crippen molar-refractivity contribution < 1.29 is 19.1 Å². The van der Waals surface area contributed by atoms with Crippen LogP contribution in [-0.4, -0.2) is 48.8 Å². The van der Waals surface area contributed by atoms with Crippen LogP contribution < -0.4 is 5.73 Å². The van der Waals surface area contributed by atoms with E-state index in [9.17, 15) is 9.59 Å². The summed E-state index contributed by atoms with van der Waals surface area (Å²) in [5, 5.41) is 0. The number of esters is 1. The molecule has 2 atom stereocenters. The summed E-state index contributed by atoms with van der Waals surface area (Å²) >= 11 is 0. The molecule has 0 spiro atoms. The minimum atomic E-state index is -0.869. The minimum Gasteiger partial charge on any atom is -0.469 e. The Morgan fingerprint density at radius 1 is 1.39 bits per heavy atom. The molecule has 0 aromatic rings. The Hall–Kier alpha value is -1.30. The molecule has 104 valence electrons. The summed E-state index contributed by atoms with van der Waals surface area (Å²) in [6, 6.07) is -0.447. The molecule has 0 bridgehead atoms. The van der Waals surface area contributed by atoms with Crippen molar-refractivity contribution in [3.8, 4) is 0 Å². The lowest BCUT2D eigenvalue weighted by atomic mass is 9.86. The van der Waals surface area contributed by atoms with Crippen LogP contribution in [0.2, 0.25) is 0 Å². The molecule has 1 heterocycles. The van der Waals surface area contributed by atoms with E-state index in [1.54, 1.807) is 27.7 Å². The summed E-state index contributed by atoms with van der Waals surface area (Å²) in [7, 11) is 1.32. The van der Waals surface area contributed by atoms with Gasteiger partial charge in [0.1, 0.15) is 5.60 Å². The van der Waals surface area contributed by atoms with Crippen molar-refractivity contribution in [1.82, 2.24) is 4.90 Å². The molecule has 1 rings (SSSR count). The monoisotopic (exact) mass is 258 g/mol. The van der Waals surface area contributed by atoms with E-state index in [0.29, 0.717) is 6.54 Å². The number of methoxy groups -OCH3 is 1. The van der Waals surface area contributed by atoms with Gasteiger partial charge in [-0.25, -0.2) is 4.79 Å². The second kappa shape index (κ2) is 4.76. The number of hydrogen-bond donors (Lipinski definition) is 1. The van der Waals surface area contributed by atoms with Gasteiger partial charge in [-0.15, -0.1) is 0 Å². The number of hydrogen-bond acceptors (Lipinski definition) is 5. The zero-order valence-electron chi connectivity index (χ0n) is 11.6. The second-order valence-electron chi connectivity index (χ2n) is 5.88. The van der Waals surface area contributed by atoms with Crippen LogP contribution in [-0.2, 0) is 14.3 Å². The highest BCUT2D eigenvalue weighted by Crippen LogP contribution is 2.31. The van der Waals surface area contributed by atoms with Gasteiger partial charge in [-0.3, -0.25) is 4.79 Å². The highest BCUT2D eigenvalue weighted by Gasteiger charge is 2.50. The van der Waals surface area contributed by atoms with E-state index in [0.717, 1.165) is 0 Å². The highest BCUT2D eigenvalue weighted by molar-refractivity contribution is 5.80. The highest BCUT2D eigenvalue weighted by atomic mass is 16.6. The molecule has 1 amide bonds. The van der Waals surface area contributed by atoms with Crippen LogP contribution >= 0.6 is 0 Å². The van der Waals surface area contributed by atoms with Gasteiger partial charge >= 0.3 is 12.1 Å². The number of ether oxygens (including phenoxy) is 2. The van der Waals surface area contributed by atoms with Crippen LogP contribution in [0.3, 0.4) is 0 Å². The average molecular weight is 258 g/mol. The fraction of sp³-hybridized carbons (Fsp3) is 0.833. The Morgan fingerprint density at radius 2 is 1.94 bits per heavy atom. The van der Waals surface area contributed by atoms with Crippen molar-refractivity contribution in [2.24, 2.45) is 11.1 Å². The van der Waals surface area contributed by atoms with Crippen LogP contribution in [0.4, 0.5) is 4.79 Å². The van der Waals surface area contributed by atoms with E-state index in [-0.39, 0.29) is 6.54 Å². The number of nitrogens with zero attached hydrogens (tertiary/aromatic N) is 1. The zero-order valence-corrected chi connectivity index (χ0v) is 11.6. The van der Waals surface area contributed by atoms with E-state index in [2.05, 4.69) is 0 Å². The molecule has 2 unspecified atom stereocenters. The van der Waals surface area contributed by atoms with Gasteiger partial charge in [0.15, 0.2) is 0 Å². The van der Waals surface area contributed by atoms with Crippen LogP contribution in [0.5, 0.6) is 0 Å². The number of amides is 1. The lowest BCUT2D eigenvalue weighted by Gasteiger charge is -2.26. The van der Waals surface area contributed by atoms with Crippen LogP contribution in [0.1, 0.15) is 27.7 Å². The lowest BCUT2D eigenvalue weighted by Crippen LogP contribution is -2.45. The van der Waals surface area contributed by atoms with Gasteiger partial charge in [-0.2, -0.15) is 0 Å². The third-order valence-electron chi connectivity index (χ3n) is 3.06. The van der Waals surface area contributed by atoms with Gasteiger partial charge < -0.3 is 20.1 Å². The largest absolute Gasteiger partial charge is 0.469 e.